The van der Waals surface area contributed by atoms with E-state index in [-0.39, 0.29) is 42.8 Å². The van der Waals surface area contributed by atoms with Crippen LogP contribution >= 0.6 is 0 Å². The molecule has 0 saturated heterocycles. The Morgan fingerprint density at radius 3 is 2.39 bits per heavy atom. The van der Waals surface area contributed by atoms with Gasteiger partial charge < -0.3 is 10.1 Å². The Labute approximate surface area is 108 Å². The summed E-state index contributed by atoms with van der Waals surface area (Å²) in [4.78, 5) is 33.5. The maximum atomic E-state index is 11.3. The minimum atomic E-state index is -0.157. The van der Waals surface area contributed by atoms with E-state index in [2.05, 4.69) is 5.32 Å². The number of carbonyl (C=O) groups is 3. The Bertz CT molecular complexity index is 287. The second-order valence-corrected chi connectivity index (χ2v) is 4.42. The van der Waals surface area contributed by atoms with Crippen LogP contribution in [0.1, 0.15) is 40.0 Å². The first kappa shape index (κ1) is 16.8. The summed E-state index contributed by atoms with van der Waals surface area (Å²) in [5.41, 5.74) is 0. The summed E-state index contributed by atoms with van der Waals surface area (Å²) in [6.07, 6.45) is 0.973. The number of hydrogen-bond acceptors (Lipinski definition) is 4. The highest BCUT2D eigenvalue weighted by Crippen LogP contribution is 1.95. The van der Waals surface area contributed by atoms with Crippen molar-refractivity contribution in [2.24, 2.45) is 5.92 Å². The van der Waals surface area contributed by atoms with E-state index >= 15 is 0 Å². The van der Waals surface area contributed by atoms with E-state index < -0.39 is 0 Å². The fourth-order valence-corrected chi connectivity index (χ4v) is 1.12. The minimum absolute atomic E-state index is 0.0281. The van der Waals surface area contributed by atoms with Crippen LogP contribution < -0.4 is 5.32 Å². The van der Waals surface area contributed by atoms with Crippen LogP contribution in [0.5, 0.6) is 0 Å². The molecule has 5 heteroatoms. The molecule has 1 amide bonds. The van der Waals surface area contributed by atoms with Crippen molar-refractivity contribution in [2.75, 3.05) is 19.8 Å². The molecule has 5 nitrogen and oxygen atoms in total. The van der Waals surface area contributed by atoms with Crippen molar-refractivity contribution in [3.63, 3.8) is 0 Å². The lowest BCUT2D eigenvalue weighted by Crippen LogP contribution is -2.28. The van der Waals surface area contributed by atoms with E-state index in [0.29, 0.717) is 19.6 Å². The Hall–Kier alpha value is -1.23. The maximum absolute atomic E-state index is 11.3. The molecule has 0 radical (unpaired) electrons. The summed E-state index contributed by atoms with van der Waals surface area (Å²) in [5, 5.41) is 2.64. The Kier molecular flexibility index (Phi) is 9.10. The van der Waals surface area contributed by atoms with Crippen LogP contribution in [0.25, 0.3) is 0 Å². The fraction of sp³-hybridized carbons (Fsp3) is 0.769. The Morgan fingerprint density at radius 2 is 1.83 bits per heavy atom. The standard InChI is InChI=1S/C13H23NO4/c1-4-11(15)5-6-13(17)14-7-8-18-9-12(16)10(2)3/h10H,4-9H2,1-3H3,(H,14,17). The molecule has 0 aromatic rings. The number of hydrogen-bond donors (Lipinski definition) is 1. The first-order chi connectivity index (χ1) is 8.47. The van der Waals surface area contributed by atoms with Crippen molar-refractivity contribution < 1.29 is 19.1 Å². The number of amides is 1. The molecular weight excluding hydrogens is 234 g/mol. The zero-order valence-corrected chi connectivity index (χ0v) is 11.5. The number of ketones is 2. The molecule has 1 N–H and O–H groups in total. The lowest BCUT2D eigenvalue weighted by Gasteiger charge is -2.07. The fourth-order valence-electron chi connectivity index (χ4n) is 1.12. The van der Waals surface area contributed by atoms with Crippen LogP contribution in [0.15, 0.2) is 0 Å². The van der Waals surface area contributed by atoms with Gasteiger partial charge in [-0.15, -0.1) is 0 Å². The minimum Gasteiger partial charge on any atom is -0.372 e. The predicted octanol–water partition coefficient (Wildman–Crippen LogP) is 1.10. The van der Waals surface area contributed by atoms with Gasteiger partial charge in [-0.25, -0.2) is 0 Å². The first-order valence-corrected chi connectivity index (χ1v) is 6.36. The molecule has 0 fully saturated rings. The highest BCUT2D eigenvalue weighted by Gasteiger charge is 2.07. The third-order valence-electron chi connectivity index (χ3n) is 2.48. The molecule has 0 saturated carbocycles. The highest BCUT2D eigenvalue weighted by molar-refractivity contribution is 5.84. The average molecular weight is 257 g/mol. The van der Waals surface area contributed by atoms with Crippen molar-refractivity contribution in [2.45, 2.75) is 40.0 Å². The molecule has 0 aliphatic rings. The molecule has 0 atom stereocenters. The van der Waals surface area contributed by atoms with Crippen molar-refractivity contribution in [1.29, 1.82) is 0 Å². The molecule has 0 aliphatic carbocycles. The monoisotopic (exact) mass is 257 g/mol. The Balaban J connectivity index is 3.46. The van der Waals surface area contributed by atoms with Crippen molar-refractivity contribution in [1.82, 2.24) is 5.32 Å². The van der Waals surface area contributed by atoms with Gasteiger partial charge in [0.2, 0.25) is 5.91 Å². The third-order valence-corrected chi connectivity index (χ3v) is 2.48. The molecule has 104 valence electrons. The van der Waals surface area contributed by atoms with Gasteiger partial charge in [0.15, 0.2) is 5.78 Å². The van der Waals surface area contributed by atoms with E-state index in [1.54, 1.807) is 6.92 Å². The zero-order chi connectivity index (χ0) is 14.0. The third kappa shape index (κ3) is 8.87. The molecule has 0 aromatic heterocycles. The molecule has 18 heavy (non-hydrogen) atoms. The van der Waals surface area contributed by atoms with Gasteiger partial charge in [0.25, 0.3) is 0 Å². The molecule has 0 heterocycles. The normalized spacial score (nSPS) is 10.4. The van der Waals surface area contributed by atoms with E-state index in [9.17, 15) is 14.4 Å². The van der Waals surface area contributed by atoms with E-state index in [1.165, 1.54) is 0 Å². The van der Waals surface area contributed by atoms with E-state index in [0.717, 1.165) is 0 Å². The number of carbonyl (C=O) groups excluding carboxylic acids is 3. The van der Waals surface area contributed by atoms with Gasteiger partial charge >= 0.3 is 0 Å². The SMILES string of the molecule is CCC(=O)CCC(=O)NCCOCC(=O)C(C)C. The second kappa shape index (κ2) is 9.76. The van der Waals surface area contributed by atoms with Crippen molar-refractivity contribution >= 4 is 17.5 Å². The highest BCUT2D eigenvalue weighted by atomic mass is 16.5. The zero-order valence-electron chi connectivity index (χ0n) is 11.5. The van der Waals surface area contributed by atoms with Gasteiger partial charge in [0.1, 0.15) is 12.4 Å². The summed E-state index contributed by atoms with van der Waals surface area (Å²) >= 11 is 0. The topological polar surface area (TPSA) is 72.5 Å². The van der Waals surface area contributed by atoms with E-state index in [4.69, 9.17) is 4.74 Å². The largest absolute Gasteiger partial charge is 0.372 e. The van der Waals surface area contributed by atoms with Gasteiger partial charge in [-0.05, 0) is 0 Å². The van der Waals surface area contributed by atoms with Gasteiger partial charge in [0.05, 0.1) is 6.61 Å². The summed E-state index contributed by atoms with van der Waals surface area (Å²) in [5.74, 6) is -0.0472. The number of ether oxygens (including phenoxy) is 1. The van der Waals surface area contributed by atoms with Crippen LogP contribution in [-0.4, -0.2) is 37.2 Å². The molecule has 0 unspecified atom stereocenters. The molecule has 0 aromatic carbocycles. The predicted molar refractivity (Wildman–Crippen MR) is 68.2 cm³/mol. The summed E-state index contributed by atoms with van der Waals surface area (Å²) in [6.45, 7) is 6.18. The molecule has 0 spiro atoms. The summed E-state index contributed by atoms with van der Waals surface area (Å²) in [7, 11) is 0. The van der Waals surface area contributed by atoms with Crippen LogP contribution in [-0.2, 0) is 19.1 Å². The van der Waals surface area contributed by atoms with Crippen LogP contribution in [0.2, 0.25) is 0 Å². The second-order valence-electron chi connectivity index (χ2n) is 4.42. The van der Waals surface area contributed by atoms with Crippen molar-refractivity contribution in [3.05, 3.63) is 0 Å². The number of nitrogens with one attached hydrogen (secondary N) is 1. The molecule has 0 bridgehead atoms. The number of Topliss-reactive ketones (excluding diaryl/α,β-unsaturated/α-hetero) is 2. The summed E-state index contributed by atoms with van der Waals surface area (Å²) < 4.78 is 5.12. The van der Waals surface area contributed by atoms with Crippen molar-refractivity contribution in [3.8, 4) is 0 Å². The molecule has 0 rings (SSSR count). The lowest BCUT2D eigenvalue weighted by atomic mass is 10.1. The maximum Gasteiger partial charge on any atom is 0.220 e. The van der Waals surface area contributed by atoms with Crippen LogP contribution in [0.4, 0.5) is 0 Å². The van der Waals surface area contributed by atoms with Gasteiger partial charge in [-0.3, -0.25) is 14.4 Å². The number of rotatable bonds is 10. The van der Waals surface area contributed by atoms with Crippen LogP contribution in [0.3, 0.4) is 0 Å². The van der Waals surface area contributed by atoms with E-state index in [1.807, 2.05) is 13.8 Å². The molecular formula is C13H23NO4. The van der Waals surface area contributed by atoms with Gasteiger partial charge in [-0.2, -0.15) is 0 Å². The quantitative estimate of drug-likeness (QED) is 0.595. The lowest BCUT2D eigenvalue weighted by molar-refractivity contribution is -0.127. The molecule has 0 aliphatic heterocycles. The average Bonchev–Trinajstić information content (AvgIpc) is 2.34. The van der Waals surface area contributed by atoms with Gasteiger partial charge in [0, 0.05) is 31.7 Å². The van der Waals surface area contributed by atoms with Gasteiger partial charge in [-0.1, -0.05) is 20.8 Å². The first-order valence-electron chi connectivity index (χ1n) is 6.36. The van der Waals surface area contributed by atoms with Crippen LogP contribution in [0, 0.1) is 5.92 Å². The summed E-state index contributed by atoms with van der Waals surface area (Å²) in [6, 6.07) is 0. The smallest absolute Gasteiger partial charge is 0.220 e. The Morgan fingerprint density at radius 1 is 1.17 bits per heavy atom.